The summed E-state index contributed by atoms with van der Waals surface area (Å²) in [7, 11) is 0. The van der Waals surface area contributed by atoms with E-state index in [0.29, 0.717) is 6.61 Å². The van der Waals surface area contributed by atoms with Crippen molar-refractivity contribution in [1.29, 1.82) is 0 Å². The largest absolute Gasteiger partial charge is 0.376 e. The second-order valence-corrected chi connectivity index (χ2v) is 7.52. The Kier molecular flexibility index (Phi) is 5.77. The van der Waals surface area contributed by atoms with Crippen molar-refractivity contribution in [3.8, 4) is 0 Å². The number of amides is 3. The monoisotopic (exact) mass is 423 g/mol. The van der Waals surface area contributed by atoms with Crippen molar-refractivity contribution in [2.75, 3.05) is 13.2 Å². The van der Waals surface area contributed by atoms with Gasteiger partial charge in [0, 0.05) is 25.6 Å². The number of nitro benzene ring substituents is 1. The number of benzene rings is 2. The van der Waals surface area contributed by atoms with Gasteiger partial charge < -0.3 is 10.1 Å². The van der Waals surface area contributed by atoms with Crippen LogP contribution in [0, 0.1) is 10.1 Å². The molecule has 2 aromatic carbocycles. The summed E-state index contributed by atoms with van der Waals surface area (Å²) in [5.41, 5.74) is -0.0333. The Morgan fingerprint density at radius 1 is 1.16 bits per heavy atom. The lowest BCUT2D eigenvalue weighted by molar-refractivity contribution is -0.385. The molecule has 31 heavy (non-hydrogen) atoms. The van der Waals surface area contributed by atoms with Crippen molar-refractivity contribution in [2.45, 2.75) is 31.4 Å². The normalized spacial score (nSPS) is 18.7. The summed E-state index contributed by atoms with van der Waals surface area (Å²) >= 11 is 0. The highest BCUT2D eigenvalue weighted by atomic mass is 16.6. The molecule has 4 rings (SSSR count). The van der Waals surface area contributed by atoms with Crippen LogP contribution < -0.4 is 5.32 Å². The average Bonchev–Trinajstić information content (AvgIpc) is 3.38. The van der Waals surface area contributed by atoms with Gasteiger partial charge in [-0.2, -0.15) is 0 Å². The van der Waals surface area contributed by atoms with Gasteiger partial charge in [0.15, 0.2) is 0 Å². The zero-order valence-corrected chi connectivity index (χ0v) is 16.7. The molecule has 0 spiro atoms. The third-order valence-corrected chi connectivity index (χ3v) is 5.54. The summed E-state index contributed by atoms with van der Waals surface area (Å²) < 4.78 is 5.52. The van der Waals surface area contributed by atoms with E-state index in [1.807, 2.05) is 6.07 Å². The van der Waals surface area contributed by atoms with Gasteiger partial charge in [-0.25, -0.2) is 0 Å². The van der Waals surface area contributed by atoms with Gasteiger partial charge in [0.25, 0.3) is 17.5 Å². The number of carbonyl (C=O) groups is 3. The van der Waals surface area contributed by atoms with E-state index in [-0.39, 0.29) is 30.2 Å². The number of rotatable bonds is 7. The first-order chi connectivity index (χ1) is 15.0. The zero-order chi connectivity index (χ0) is 22.0. The molecule has 2 heterocycles. The molecule has 1 N–H and O–H groups in total. The molecule has 0 bridgehead atoms. The maximum absolute atomic E-state index is 13.1. The number of hydrogen-bond acceptors (Lipinski definition) is 6. The first kappa shape index (κ1) is 20.7. The fourth-order valence-electron chi connectivity index (χ4n) is 4.00. The highest BCUT2D eigenvalue weighted by Crippen LogP contribution is 2.32. The second kappa shape index (κ2) is 8.65. The SMILES string of the molecule is O=C(NC[C@H]1CCCO1)[C@@H](Cc1ccccc1)N1C(=O)c2cccc([N+](=O)[O-])c2C1=O. The molecular weight excluding hydrogens is 402 g/mol. The molecule has 2 aliphatic heterocycles. The molecule has 2 aromatic rings. The molecule has 0 aromatic heterocycles. The van der Waals surface area contributed by atoms with Crippen molar-refractivity contribution in [3.63, 3.8) is 0 Å². The first-order valence-electron chi connectivity index (χ1n) is 10.1. The van der Waals surface area contributed by atoms with Crippen molar-refractivity contribution in [3.05, 3.63) is 75.3 Å². The Labute approximate surface area is 178 Å². The second-order valence-electron chi connectivity index (χ2n) is 7.52. The third kappa shape index (κ3) is 4.04. The van der Waals surface area contributed by atoms with Gasteiger partial charge in [0.05, 0.1) is 16.6 Å². The average molecular weight is 423 g/mol. The Morgan fingerprint density at radius 3 is 2.61 bits per heavy atom. The van der Waals surface area contributed by atoms with Crippen molar-refractivity contribution < 1.29 is 24.0 Å². The van der Waals surface area contributed by atoms with E-state index < -0.39 is 34.4 Å². The fraction of sp³-hybridized carbons (Fsp3) is 0.318. The number of imide groups is 1. The first-order valence-corrected chi connectivity index (χ1v) is 10.1. The smallest absolute Gasteiger partial charge is 0.282 e. The standard InChI is InChI=1S/C22H21N3O6/c26-20(23-13-15-8-5-11-31-15)18(12-14-6-2-1-3-7-14)24-21(27)16-9-4-10-17(25(29)30)19(16)22(24)28/h1-4,6-7,9-10,15,18H,5,8,11-13H2,(H,23,26)/t15-,18-/m1/s1. The lowest BCUT2D eigenvalue weighted by atomic mass is 10.0. The molecule has 0 unspecified atom stereocenters. The molecular formula is C22H21N3O6. The van der Waals surface area contributed by atoms with Crippen LogP contribution in [0.25, 0.3) is 0 Å². The Hall–Kier alpha value is -3.59. The summed E-state index contributed by atoms with van der Waals surface area (Å²) in [6.45, 7) is 0.906. The van der Waals surface area contributed by atoms with Gasteiger partial charge in [-0.15, -0.1) is 0 Å². The number of hydrogen-bond donors (Lipinski definition) is 1. The van der Waals surface area contributed by atoms with Crippen LogP contribution in [0.5, 0.6) is 0 Å². The lowest BCUT2D eigenvalue weighted by Crippen LogP contribution is -2.51. The quantitative estimate of drug-likeness (QED) is 0.414. The highest BCUT2D eigenvalue weighted by Gasteiger charge is 2.46. The number of nitro groups is 1. The van der Waals surface area contributed by atoms with Crippen molar-refractivity contribution in [2.24, 2.45) is 0 Å². The maximum Gasteiger partial charge on any atom is 0.282 e. The Balaban J connectivity index is 1.65. The van der Waals surface area contributed by atoms with Crippen LogP contribution in [0.15, 0.2) is 48.5 Å². The van der Waals surface area contributed by atoms with E-state index in [4.69, 9.17) is 4.74 Å². The van der Waals surface area contributed by atoms with E-state index in [1.54, 1.807) is 24.3 Å². The molecule has 0 radical (unpaired) electrons. The Bertz CT molecular complexity index is 1030. The minimum absolute atomic E-state index is 0.0656. The summed E-state index contributed by atoms with van der Waals surface area (Å²) in [6, 6.07) is 11.8. The van der Waals surface area contributed by atoms with Gasteiger partial charge in [0.2, 0.25) is 5.91 Å². The van der Waals surface area contributed by atoms with E-state index in [0.717, 1.165) is 23.3 Å². The van der Waals surface area contributed by atoms with Crippen LogP contribution in [0.2, 0.25) is 0 Å². The van der Waals surface area contributed by atoms with E-state index in [2.05, 4.69) is 5.32 Å². The van der Waals surface area contributed by atoms with Crippen LogP contribution in [-0.2, 0) is 16.0 Å². The predicted molar refractivity (Wildman–Crippen MR) is 110 cm³/mol. The van der Waals surface area contributed by atoms with Crippen LogP contribution in [-0.4, -0.2) is 52.8 Å². The number of ether oxygens (including phenoxy) is 1. The van der Waals surface area contributed by atoms with Gasteiger partial charge in [0.1, 0.15) is 11.6 Å². The molecule has 1 saturated heterocycles. The summed E-state index contributed by atoms with van der Waals surface area (Å²) in [5, 5.41) is 14.2. The number of carbonyl (C=O) groups excluding carboxylic acids is 3. The van der Waals surface area contributed by atoms with Crippen LogP contribution >= 0.6 is 0 Å². The lowest BCUT2D eigenvalue weighted by Gasteiger charge is -2.26. The third-order valence-electron chi connectivity index (χ3n) is 5.54. The molecule has 160 valence electrons. The zero-order valence-electron chi connectivity index (χ0n) is 16.7. The van der Waals surface area contributed by atoms with Gasteiger partial charge in [-0.05, 0) is 24.5 Å². The van der Waals surface area contributed by atoms with E-state index in [9.17, 15) is 24.5 Å². The number of nitrogens with zero attached hydrogens (tertiary/aromatic N) is 2. The van der Waals surface area contributed by atoms with Gasteiger partial charge in [-0.1, -0.05) is 36.4 Å². The van der Waals surface area contributed by atoms with Crippen molar-refractivity contribution >= 4 is 23.4 Å². The van der Waals surface area contributed by atoms with Crippen LogP contribution in [0.4, 0.5) is 5.69 Å². The van der Waals surface area contributed by atoms with E-state index >= 15 is 0 Å². The summed E-state index contributed by atoms with van der Waals surface area (Å²) in [5.74, 6) is -2.05. The number of fused-ring (bicyclic) bond motifs is 1. The summed E-state index contributed by atoms with van der Waals surface area (Å²) in [4.78, 5) is 50.8. The maximum atomic E-state index is 13.1. The molecule has 1 fully saturated rings. The fourth-order valence-corrected chi connectivity index (χ4v) is 4.00. The summed E-state index contributed by atoms with van der Waals surface area (Å²) in [6.07, 6.45) is 1.72. The van der Waals surface area contributed by atoms with E-state index in [1.165, 1.54) is 18.2 Å². The minimum atomic E-state index is -1.14. The van der Waals surface area contributed by atoms with Gasteiger partial charge >= 0.3 is 0 Å². The van der Waals surface area contributed by atoms with Crippen molar-refractivity contribution in [1.82, 2.24) is 10.2 Å². The molecule has 9 heteroatoms. The molecule has 3 amide bonds. The van der Waals surface area contributed by atoms with Crippen LogP contribution in [0.1, 0.15) is 39.1 Å². The minimum Gasteiger partial charge on any atom is -0.376 e. The molecule has 2 atom stereocenters. The van der Waals surface area contributed by atoms with Crippen LogP contribution in [0.3, 0.4) is 0 Å². The Morgan fingerprint density at radius 2 is 1.94 bits per heavy atom. The molecule has 0 saturated carbocycles. The number of nitrogens with one attached hydrogen (secondary N) is 1. The predicted octanol–water partition coefficient (Wildman–Crippen LogP) is 2.10. The van der Waals surface area contributed by atoms with Gasteiger partial charge in [-0.3, -0.25) is 29.4 Å². The molecule has 2 aliphatic rings. The highest BCUT2D eigenvalue weighted by molar-refractivity contribution is 6.24. The molecule has 9 nitrogen and oxygen atoms in total. The topological polar surface area (TPSA) is 119 Å². The molecule has 0 aliphatic carbocycles.